The Morgan fingerprint density at radius 3 is 2.33 bits per heavy atom. The summed E-state index contributed by atoms with van der Waals surface area (Å²) in [5, 5.41) is 8.37. The van der Waals surface area contributed by atoms with E-state index in [0.717, 1.165) is 0 Å². The highest BCUT2D eigenvalue weighted by atomic mass is 19.1. The van der Waals surface area contributed by atoms with E-state index in [-0.39, 0.29) is 12.3 Å². The number of aliphatic hydroxyl groups is 1. The summed E-state index contributed by atoms with van der Waals surface area (Å²) in [5.41, 5.74) is 0. The van der Waals surface area contributed by atoms with Crippen molar-refractivity contribution in [3.05, 3.63) is 0 Å². The third-order valence-corrected chi connectivity index (χ3v) is 1.71. The summed E-state index contributed by atoms with van der Waals surface area (Å²) in [5.74, 6) is -0.235. The fourth-order valence-corrected chi connectivity index (χ4v) is 0.959. The Morgan fingerprint density at radius 1 is 1.50 bits per heavy atom. The lowest BCUT2D eigenvalue weighted by Gasteiger charge is -2.18. The molecule has 0 fully saturated rings. The van der Waals surface area contributed by atoms with Crippen LogP contribution in [0, 0.1) is 0 Å². The second kappa shape index (κ2) is 5.94. The van der Waals surface area contributed by atoms with Gasteiger partial charge in [0.25, 0.3) is 0 Å². The van der Waals surface area contributed by atoms with E-state index in [4.69, 9.17) is 5.11 Å². The molecular formula is C8H16FNO2. The first-order chi connectivity index (χ1) is 5.65. The van der Waals surface area contributed by atoms with Crippen molar-refractivity contribution in [2.24, 2.45) is 0 Å². The molecule has 0 rings (SSSR count). The number of nitrogens with zero attached hydrogens (tertiary/aromatic N) is 1. The van der Waals surface area contributed by atoms with Crippen LogP contribution in [0.2, 0.25) is 0 Å². The molecule has 0 aromatic rings. The number of rotatable bonds is 5. The van der Waals surface area contributed by atoms with Gasteiger partial charge in [-0.15, -0.1) is 0 Å². The van der Waals surface area contributed by atoms with E-state index in [2.05, 4.69) is 0 Å². The second-order valence-corrected chi connectivity index (χ2v) is 2.55. The van der Waals surface area contributed by atoms with Crippen molar-refractivity contribution in [1.29, 1.82) is 0 Å². The van der Waals surface area contributed by atoms with Gasteiger partial charge in [0.15, 0.2) is 0 Å². The highest BCUT2D eigenvalue weighted by Gasteiger charge is 2.15. The zero-order valence-corrected chi connectivity index (χ0v) is 7.59. The van der Waals surface area contributed by atoms with E-state index in [1.807, 2.05) is 13.8 Å². The van der Waals surface area contributed by atoms with Crippen molar-refractivity contribution in [1.82, 2.24) is 4.90 Å². The predicted octanol–water partition coefficient (Wildman–Crippen LogP) is 0.575. The Balaban J connectivity index is 3.84. The summed E-state index contributed by atoms with van der Waals surface area (Å²) >= 11 is 0. The molecule has 0 saturated carbocycles. The van der Waals surface area contributed by atoms with Crippen molar-refractivity contribution >= 4 is 5.91 Å². The molecule has 0 aliphatic rings. The first-order valence-corrected chi connectivity index (χ1v) is 4.18. The van der Waals surface area contributed by atoms with Gasteiger partial charge < -0.3 is 10.0 Å². The summed E-state index contributed by atoms with van der Waals surface area (Å²) in [7, 11) is 0. The van der Waals surface area contributed by atoms with Gasteiger partial charge in [-0.3, -0.25) is 4.79 Å². The van der Waals surface area contributed by atoms with E-state index in [1.54, 1.807) is 4.90 Å². The van der Waals surface area contributed by atoms with Gasteiger partial charge in [-0.2, -0.15) is 0 Å². The van der Waals surface area contributed by atoms with Crippen LogP contribution < -0.4 is 0 Å². The fourth-order valence-electron chi connectivity index (χ4n) is 0.959. The molecule has 72 valence electrons. The molecule has 0 heterocycles. The van der Waals surface area contributed by atoms with Crippen LogP contribution in [0.15, 0.2) is 0 Å². The number of aliphatic hydroxyl groups excluding tert-OH is 1. The van der Waals surface area contributed by atoms with Crippen LogP contribution in [0.4, 0.5) is 4.39 Å². The molecule has 0 aliphatic carbocycles. The molecule has 1 unspecified atom stereocenters. The van der Waals surface area contributed by atoms with Crippen LogP contribution in [0.3, 0.4) is 0 Å². The predicted molar refractivity (Wildman–Crippen MR) is 44.5 cm³/mol. The minimum atomic E-state index is -1.42. The van der Waals surface area contributed by atoms with Crippen molar-refractivity contribution in [2.45, 2.75) is 26.4 Å². The molecule has 1 amide bonds. The second-order valence-electron chi connectivity index (χ2n) is 2.55. The maximum Gasteiger partial charge on any atom is 0.225 e. The lowest BCUT2D eigenvalue weighted by Crippen LogP contribution is -2.32. The summed E-state index contributed by atoms with van der Waals surface area (Å²) in [6.45, 7) is 4.29. The van der Waals surface area contributed by atoms with Gasteiger partial charge in [-0.1, -0.05) is 0 Å². The molecule has 3 nitrogen and oxygen atoms in total. The molecule has 12 heavy (non-hydrogen) atoms. The summed E-state index contributed by atoms with van der Waals surface area (Å²) < 4.78 is 12.5. The average Bonchev–Trinajstić information content (AvgIpc) is 2.06. The highest BCUT2D eigenvalue weighted by Crippen LogP contribution is 2.01. The first-order valence-electron chi connectivity index (χ1n) is 4.18. The van der Waals surface area contributed by atoms with Gasteiger partial charge in [0, 0.05) is 13.1 Å². The van der Waals surface area contributed by atoms with Gasteiger partial charge in [0.05, 0.1) is 13.0 Å². The molecule has 0 aromatic heterocycles. The minimum absolute atomic E-state index is 0.210. The number of halogens is 1. The largest absolute Gasteiger partial charge is 0.393 e. The molecule has 1 atom stereocenters. The molecule has 4 heteroatoms. The summed E-state index contributed by atoms with van der Waals surface area (Å²) in [6.07, 6.45) is -1.63. The Hall–Kier alpha value is -0.640. The summed E-state index contributed by atoms with van der Waals surface area (Å²) in [4.78, 5) is 12.7. The molecule has 0 aliphatic heterocycles. The number of hydrogen-bond donors (Lipinski definition) is 1. The molecule has 1 N–H and O–H groups in total. The first kappa shape index (κ1) is 11.4. The van der Waals surface area contributed by atoms with Crippen molar-refractivity contribution in [2.75, 3.05) is 19.7 Å². The van der Waals surface area contributed by atoms with E-state index < -0.39 is 12.8 Å². The molecule has 0 aromatic carbocycles. The van der Waals surface area contributed by atoms with Crippen molar-refractivity contribution < 1.29 is 14.3 Å². The van der Waals surface area contributed by atoms with Crippen LogP contribution >= 0.6 is 0 Å². The van der Waals surface area contributed by atoms with Crippen LogP contribution in [-0.2, 0) is 4.79 Å². The van der Waals surface area contributed by atoms with E-state index in [1.165, 1.54) is 0 Å². The normalized spacial score (nSPS) is 12.7. The Bertz CT molecular complexity index is 137. The molecule has 0 saturated heterocycles. The maximum absolute atomic E-state index is 12.5. The third-order valence-electron chi connectivity index (χ3n) is 1.71. The van der Waals surface area contributed by atoms with E-state index in [9.17, 15) is 9.18 Å². The fraction of sp³-hybridized carbons (Fsp3) is 0.875. The molecule has 0 spiro atoms. The summed E-state index contributed by atoms with van der Waals surface area (Å²) in [6, 6.07) is 0. The van der Waals surface area contributed by atoms with Crippen LogP contribution in [0.25, 0.3) is 0 Å². The zero-order valence-electron chi connectivity index (χ0n) is 7.59. The number of alkyl halides is 1. The number of carbonyl (C=O) groups is 1. The number of hydrogen-bond acceptors (Lipinski definition) is 2. The number of amides is 1. The van der Waals surface area contributed by atoms with Crippen LogP contribution in [0.5, 0.6) is 0 Å². The monoisotopic (exact) mass is 177 g/mol. The number of carbonyl (C=O) groups excluding carboxylic acids is 1. The molecular weight excluding hydrogens is 161 g/mol. The minimum Gasteiger partial charge on any atom is -0.393 e. The smallest absolute Gasteiger partial charge is 0.225 e. The van der Waals surface area contributed by atoms with Crippen molar-refractivity contribution in [3.8, 4) is 0 Å². The van der Waals surface area contributed by atoms with Crippen LogP contribution in [-0.4, -0.2) is 41.8 Å². The lowest BCUT2D eigenvalue weighted by atomic mass is 10.2. The van der Waals surface area contributed by atoms with Gasteiger partial charge >= 0.3 is 0 Å². The quantitative estimate of drug-likeness (QED) is 0.667. The van der Waals surface area contributed by atoms with Gasteiger partial charge in [-0.25, -0.2) is 4.39 Å². The standard InChI is InChI=1S/C8H16FNO2/c1-3-10(4-2)8(12)5-7(9)6-11/h7,11H,3-6H2,1-2H3. The Morgan fingerprint density at radius 2 is 2.00 bits per heavy atom. The Kier molecular flexibility index (Phi) is 5.62. The van der Waals surface area contributed by atoms with Gasteiger partial charge in [-0.05, 0) is 13.8 Å². The van der Waals surface area contributed by atoms with Gasteiger partial charge in [0.1, 0.15) is 6.17 Å². The van der Waals surface area contributed by atoms with Crippen molar-refractivity contribution in [3.63, 3.8) is 0 Å². The lowest BCUT2D eigenvalue weighted by molar-refractivity contribution is -0.132. The van der Waals surface area contributed by atoms with Crippen LogP contribution in [0.1, 0.15) is 20.3 Å². The molecule has 0 bridgehead atoms. The SMILES string of the molecule is CCN(CC)C(=O)CC(F)CO. The zero-order chi connectivity index (χ0) is 9.56. The van der Waals surface area contributed by atoms with E-state index >= 15 is 0 Å². The van der Waals surface area contributed by atoms with Gasteiger partial charge in [0.2, 0.25) is 5.91 Å². The van der Waals surface area contributed by atoms with E-state index in [0.29, 0.717) is 13.1 Å². The maximum atomic E-state index is 12.5. The molecule has 0 radical (unpaired) electrons. The Labute approximate surface area is 72.2 Å². The average molecular weight is 177 g/mol. The third kappa shape index (κ3) is 3.67. The topological polar surface area (TPSA) is 40.5 Å². The highest BCUT2D eigenvalue weighted by molar-refractivity contribution is 5.76.